The number of aliphatic carboxylic acids is 1. The fourth-order valence-electron chi connectivity index (χ4n) is 1.65. The van der Waals surface area contributed by atoms with Crippen LogP contribution < -0.4 is 5.73 Å². The Balaban J connectivity index is 2.20. The van der Waals surface area contributed by atoms with E-state index in [9.17, 15) is 4.79 Å². The molecule has 18 heavy (non-hydrogen) atoms. The highest BCUT2D eigenvalue weighted by Gasteiger charge is 2.11. The van der Waals surface area contributed by atoms with Crippen molar-refractivity contribution in [2.75, 3.05) is 0 Å². The van der Waals surface area contributed by atoms with Crippen molar-refractivity contribution >= 4 is 17.6 Å². The van der Waals surface area contributed by atoms with E-state index < -0.39 is 12.0 Å². The molecule has 0 amide bonds. The zero-order valence-electron chi connectivity index (χ0n) is 9.45. The molecule has 1 aromatic carbocycles. The maximum absolute atomic E-state index is 10.6. The zero-order chi connectivity index (χ0) is 13.1. The van der Waals surface area contributed by atoms with Crippen molar-refractivity contribution in [3.8, 4) is 5.69 Å². The minimum absolute atomic E-state index is 0.0954. The van der Waals surface area contributed by atoms with E-state index >= 15 is 0 Å². The van der Waals surface area contributed by atoms with Crippen molar-refractivity contribution in [1.29, 1.82) is 0 Å². The molecular weight excluding hydrogens is 254 g/mol. The molecule has 1 atom stereocenters. The topological polar surface area (TPSA) is 81.1 Å². The first kappa shape index (κ1) is 12.6. The normalized spacial score (nSPS) is 12.3. The summed E-state index contributed by atoms with van der Waals surface area (Å²) in [6, 6.07) is 8.34. The lowest BCUT2D eigenvalue weighted by molar-refractivity contribution is -0.137. The summed E-state index contributed by atoms with van der Waals surface area (Å²) in [5.74, 6) is -0.915. The lowest BCUT2D eigenvalue weighted by atomic mass is 10.0. The van der Waals surface area contributed by atoms with Gasteiger partial charge in [0.2, 0.25) is 0 Å². The Bertz CT molecular complexity index is 551. The third-order valence-electron chi connectivity index (χ3n) is 2.56. The number of rotatable bonds is 4. The number of carboxylic acids is 1. The van der Waals surface area contributed by atoms with Gasteiger partial charge in [-0.1, -0.05) is 23.7 Å². The molecule has 0 aliphatic carbocycles. The van der Waals surface area contributed by atoms with E-state index in [2.05, 4.69) is 5.10 Å². The van der Waals surface area contributed by atoms with E-state index in [-0.39, 0.29) is 6.42 Å². The largest absolute Gasteiger partial charge is 0.481 e. The minimum atomic E-state index is -0.915. The highest BCUT2D eigenvalue weighted by atomic mass is 35.5. The molecule has 0 bridgehead atoms. The third-order valence-corrected chi connectivity index (χ3v) is 2.84. The van der Waals surface area contributed by atoms with Gasteiger partial charge in [0.25, 0.3) is 0 Å². The van der Waals surface area contributed by atoms with Crippen molar-refractivity contribution in [2.24, 2.45) is 5.73 Å². The minimum Gasteiger partial charge on any atom is -0.481 e. The second kappa shape index (κ2) is 5.20. The van der Waals surface area contributed by atoms with E-state index in [1.807, 2.05) is 0 Å². The van der Waals surface area contributed by atoms with Gasteiger partial charge in [-0.3, -0.25) is 4.79 Å². The maximum atomic E-state index is 10.6. The Labute approximate surface area is 109 Å². The predicted octanol–water partition coefficient (Wildman–Crippen LogP) is 2.00. The van der Waals surface area contributed by atoms with Gasteiger partial charge < -0.3 is 10.8 Å². The van der Waals surface area contributed by atoms with Gasteiger partial charge in [0.05, 0.1) is 18.3 Å². The van der Waals surface area contributed by atoms with Crippen LogP contribution in [0.25, 0.3) is 5.69 Å². The van der Waals surface area contributed by atoms with Crippen LogP contribution in [-0.2, 0) is 4.79 Å². The third kappa shape index (κ3) is 2.69. The number of nitrogens with two attached hydrogens (primary N) is 1. The molecule has 5 nitrogen and oxygen atoms in total. The Kier molecular flexibility index (Phi) is 3.64. The van der Waals surface area contributed by atoms with Gasteiger partial charge in [-0.25, -0.2) is 4.68 Å². The van der Waals surface area contributed by atoms with Crippen molar-refractivity contribution in [2.45, 2.75) is 12.5 Å². The predicted molar refractivity (Wildman–Crippen MR) is 67.8 cm³/mol. The average Bonchev–Trinajstić information content (AvgIpc) is 2.75. The number of aromatic nitrogens is 2. The summed E-state index contributed by atoms with van der Waals surface area (Å²) in [4.78, 5) is 10.6. The number of carbonyl (C=O) groups is 1. The lowest BCUT2D eigenvalue weighted by Gasteiger charge is -2.10. The standard InChI is InChI=1S/C12H12ClN3O2/c13-11-5-6-15-16(11)9-3-1-8(2-4-9)10(14)7-12(17)18/h1-6,10H,7,14H2,(H,17,18). The van der Waals surface area contributed by atoms with Crippen LogP contribution in [0.5, 0.6) is 0 Å². The molecule has 1 aromatic heterocycles. The maximum Gasteiger partial charge on any atom is 0.305 e. The molecule has 0 aliphatic heterocycles. The number of halogens is 1. The molecule has 6 heteroatoms. The Morgan fingerprint density at radius 1 is 1.39 bits per heavy atom. The summed E-state index contributed by atoms with van der Waals surface area (Å²) >= 11 is 5.94. The first-order chi connectivity index (χ1) is 8.58. The summed E-state index contributed by atoms with van der Waals surface area (Å²) < 4.78 is 1.58. The molecule has 0 spiro atoms. The van der Waals surface area contributed by atoms with Crippen LogP contribution in [0, 0.1) is 0 Å². The first-order valence-electron chi connectivity index (χ1n) is 5.35. The molecular formula is C12H12ClN3O2. The summed E-state index contributed by atoms with van der Waals surface area (Å²) in [5, 5.41) is 13.3. The lowest BCUT2D eigenvalue weighted by Crippen LogP contribution is -2.14. The molecule has 3 N–H and O–H groups in total. The van der Waals surface area contributed by atoms with Gasteiger partial charge >= 0.3 is 5.97 Å². The quantitative estimate of drug-likeness (QED) is 0.886. The first-order valence-corrected chi connectivity index (χ1v) is 5.73. The molecule has 2 aromatic rings. The number of hydrogen-bond acceptors (Lipinski definition) is 3. The van der Waals surface area contributed by atoms with E-state index in [4.69, 9.17) is 22.4 Å². The van der Waals surface area contributed by atoms with Gasteiger partial charge in [-0.15, -0.1) is 0 Å². The van der Waals surface area contributed by atoms with E-state index in [0.717, 1.165) is 11.3 Å². The van der Waals surface area contributed by atoms with Gasteiger partial charge in [0.15, 0.2) is 0 Å². The fraction of sp³-hybridized carbons (Fsp3) is 0.167. The van der Waals surface area contributed by atoms with E-state index in [1.165, 1.54) is 0 Å². The van der Waals surface area contributed by atoms with Crippen LogP contribution >= 0.6 is 11.6 Å². The van der Waals surface area contributed by atoms with Crippen molar-refractivity contribution < 1.29 is 9.90 Å². The van der Waals surface area contributed by atoms with Crippen LogP contribution in [0.3, 0.4) is 0 Å². The molecule has 0 fully saturated rings. The second-order valence-electron chi connectivity index (χ2n) is 3.86. The number of nitrogens with zero attached hydrogens (tertiary/aromatic N) is 2. The molecule has 0 aliphatic rings. The smallest absolute Gasteiger partial charge is 0.305 e. The molecule has 0 saturated heterocycles. The Morgan fingerprint density at radius 3 is 2.56 bits per heavy atom. The molecule has 0 saturated carbocycles. The monoisotopic (exact) mass is 265 g/mol. The van der Waals surface area contributed by atoms with Gasteiger partial charge in [-0.2, -0.15) is 5.10 Å². The Morgan fingerprint density at radius 2 is 2.06 bits per heavy atom. The second-order valence-corrected chi connectivity index (χ2v) is 4.25. The van der Waals surface area contributed by atoms with Crippen LogP contribution in [-0.4, -0.2) is 20.9 Å². The number of benzene rings is 1. The Hall–Kier alpha value is -1.85. The fourth-order valence-corrected chi connectivity index (χ4v) is 1.84. The van der Waals surface area contributed by atoms with Crippen LogP contribution in [0.15, 0.2) is 36.5 Å². The molecule has 94 valence electrons. The SMILES string of the molecule is NC(CC(=O)O)c1ccc(-n2nccc2Cl)cc1. The molecule has 2 rings (SSSR count). The average molecular weight is 266 g/mol. The van der Waals surface area contributed by atoms with Crippen molar-refractivity contribution in [3.05, 3.63) is 47.2 Å². The van der Waals surface area contributed by atoms with E-state index in [0.29, 0.717) is 5.15 Å². The summed E-state index contributed by atoms with van der Waals surface area (Å²) in [6.45, 7) is 0. The van der Waals surface area contributed by atoms with Crippen LogP contribution in [0.4, 0.5) is 0 Å². The summed E-state index contributed by atoms with van der Waals surface area (Å²) in [7, 11) is 0. The van der Waals surface area contributed by atoms with Crippen LogP contribution in [0.2, 0.25) is 5.15 Å². The summed E-state index contributed by atoms with van der Waals surface area (Å²) in [5.41, 5.74) is 7.34. The highest BCUT2D eigenvalue weighted by molar-refractivity contribution is 6.29. The van der Waals surface area contributed by atoms with Crippen LogP contribution in [0.1, 0.15) is 18.0 Å². The number of hydrogen-bond donors (Lipinski definition) is 2. The molecule has 1 heterocycles. The molecule has 0 radical (unpaired) electrons. The zero-order valence-corrected chi connectivity index (χ0v) is 10.2. The van der Waals surface area contributed by atoms with Crippen molar-refractivity contribution in [3.63, 3.8) is 0 Å². The van der Waals surface area contributed by atoms with E-state index in [1.54, 1.807) is 41.2 Å². The van der Waals surface area contributed by atoms with Gasteiger partial charge in [-0.05, 0) is 23.8 Å². The van der Waals surface area contributed by atoms with Crippen molar-refractivity contribution in [1.82, 2.24) is 9.78 Å². The molecule has 1 unspecified atom stereocenters. The van der Waals surface area contributed by atoms with Gasteiger partial charge in [0, 0.05) is 6.04 Å². The highest BCUT2D eigenvalue weighted by Crippen LogP contribution is 2.19. The summed E-state index contributed by atoms with van der Waals surface area (Å²) in [6.07, 6.45) is 1.51. The number of carboxylic acid groups (broad SMARTS) is 1. The van der Waals surface area contributed by atoms with Gasteiger partial charge in [0.1, 0.15) is 5.15 Å².